The van der Waals surface area contributed by atoms with Crippen molar-refractivity contribution in [2.75, 3.05) is 45.3 Å². The first-order valence-corrected chi connectivity index (χ1v) is 11.2. The predicted molar refractivity (Wildman–Crippen MR) is 131 cm³/mol. The summed E-state index contributed by atoms with van der Waals surface area (Å²) in [6, 6.07) is 14.2. The molecule has 5 rings (SSSR count). The third kappa shape index (κ3) is 4.69. The summed E-state index contributed by atoms with van der Waals surface area (Å²) in [6.07, 6.45) is 1.60. The Morgan fingerprint density at radius 3 is 2.51 bits per heavy atom. The summed E-state index contributed by atoms with van der Waals surface area (Å²) in [5.74, 6) is 1.25. The van der Waals surface area contributed by atoms with Gasteiger partial charge in [-0.05, 0) is 41.8 Å². The fourth-order valence-electron chi connectivity index (χ4n) is 3.86. The molecule has 1 saturated heterocycles. The number of carbonyl (C=O) groups excluding carboxylic acids is 1. The molecule has 0 radical (unpaired) electrons. The average molecular weight is 473 g/mol. The van der Waals surface area contributed by atoms with Gasteiger partial charge < -0.3 is 24.3 Å². The number of rotatable bonds is 5. The zero-order valence-electron chi connectivity index (χ0n) is 19.4. The lowest BCUT2D eigenvalue weighted by Crippen LogP contribution is -2.37. The van der Waals surface area contributed by atoms with Crippen LogP contribution >= 0.6 is 0 Å². The highest BCUT2D eigenvalue weighted by Crippen LogP contribution is 2.28. The van der Waals surface area contributed by atoms with Crippen LogP contribution in [0.3, 0.4) is 0 Å². The van der Waals surface area contributed by atoms with Crippen molar-refractivity contribution in [1.29, 1.82) is 0 Å². The SMILES string of the molecule is CN(C)C(=O)c1ccc(Oc2nc(-c3cccc4c(=O)[nH]ccc34)nc(N3CCOCC3)n2)cc1. The number of carbonyl (C=O) groups is 1. The number of fused-ring (bicyclic) bond motifs is 1. The second-order valence-electron chi connectivity index (χ2n) is 8.24. The Kier molecular flexibility index (Phi) is 6.11. The van der Waals surface area contributed by atoms with Gasteiger partial charge in [0.05, 0.1) is 13.2 Å². The number of nitrogens with zero attached hydrogens (tertiary/aromatic N) is 5. The van der Waals surface area contributed by atoms with Crippen LogP contribution in [0.25, 0.3) is 22.2 Å². The van der Waals surface area contributed by atoms with Crippen molar-refractivity contribution in [1.82, 2.24) is 24.8 Å². The molecular formula is C25H24N6O4. The van der Waals surface area contributed by atoms with E-state index in [0.29, 0.717) is 60.3 Å². The Bertz CT molecular complexity index is 1430. The van der Waals surface area contributed by atoms with E-state index in [4.69, 9.17) is 14.5 Å². The maximum Gasteiger partial charge on any atom is 0.327 e. The fourth-order valence-corrected chi connectivity index (χ4v) is 3.86. The molecule has 3 heterocycles. The first-order valence-electron chi connectivity index (χ1n) is 11.2. The van der Waals surface area contributed by atoms with Gasteiger partial charge in [0, 0.05) is 49.9 Å². The molecule has 2 aromatic carbocycles. The van der Waals surface area contributed by atoms with Crippen LogP contribution in [0.15, 0.2) is 59.5 Å². The van der Waals surface area contributed by atoms with Gasteiger partial charge in [0.15, 0.2) is 5.82 Å². The van der Waals surface area contributed by atoms with Crippen molar-refractivity contribution in [2.24, 2.45) is 0 Å². The lowest BCUT2D eigenvalue weighted by molar-refractivity contribution is 0.0827. The van der Waals surface area contributed by atoms with Crippen LogP contribution in [0.2, 0.25) is 0 Å². The molecule has 1 N–H and O–H groups in total. The summed E-state index contributed by atoms with van der Waals surface area (Å²) >= 11 is 0. The predicted octanol–water partition coefficient (Wildman–Crippen LogP) is 2.71. The van der Waals surface area contributed by atoms with Gasteiger partial charge in [-0.3, -0.25) is 9.59 Å². The van der Waals surface area contributed by atoms with E-state index in [0.717, 1.165) is 5.39 Å². The molecule has 1 amide bonds. The molecule has 0 bridgehead atoms. The van der Waals surface area contributed by atoms with Crippen LogP contribution in [-0.4, -0.2) is 71.1 Å². The molecule has 0 unspecified atom stereocenters. The number of amides is 1. The van der Waals surface area contributed by atoms with E-state index in [1.165, 1.54) is 4.90 Å². The summed E-state index contributed by atoms with van der Waals surface area (Å²) in [4.78, 5) is 44.5. The smallest absolute Gasteiger partial charge is 0.327 e. The number of nitrogens with one attached hydrogen (secondary N) is 1. The number of pyridine rings is 1. The molecule has 4 aromatic rings. The van der Waals surface area contributed by atoms with Gasteiger partial charge in [0.1, 0.15) is 5.75 Å². The third-order valence-electron chi connectivity index (χ3n) is 5.67. The summed E-state index contributed by atoms with van der Waals surface area (Å²) in [5.41, 5.74) is 1.06. The summed E-state index contributed by atoms with van der Waals surface area (Å²) in [6.45, 7) is 2.42. The number of aromatic nitrogens is 4. The number of H-pyrrole nitrogens is 1. The van der Waals surface area contributed by atoms with Gasteiger partial charge in [-0.1, -0.05) is 12.1 Å². The highest BCUT2D eigenvalue weighted by atomic mass is 16.5. The zero-order chi connectivity index (χ0) is 24.4. The van der Waals surface area contributed by atoms with Gasteiger partial charge >= 0.3 is 6.01 Å². The van der Waals surface area contributed by atoms with Crippen LogP contribution in [0.1, 0.15) is 10.4 Å². The molecular weight excluding hydrogens is 448 g/mol. The Labute approximate surface area is 201 Å². The normalized spacial score (nSPS) is 13.6. The number of hydrogen-bond acceptors (Lipinski definition) is 8. The van der Waals surface area contributed by atoms with Gasteiger partial charge in [-0.25, -0.2) is 0 Å². The molecule has 1 aliphatic rings. The maximum absolute atomic E-state index is 12.3. The van der Waals surface area contributed by atoms with E-state index >= 15 is 0 Å². The minimum Gasteiger partial charge on any atom is -0.424 e. The monoisotopic (exact) mass is 472 g/mol. The summed E-state index contributed by atoms with van der Waals surface area (Å²) in [7, 11) is 3.40. The maximum atomic E-state index is 12.3. The Morgan fingerprint density at radius 1 is 1.00 bits per heavy atom. The molecule has 35 heavy (non-hydrogen) atoms. The molecule has 10 nitrogen and oxygen atoms in total. The zero-order valence-corrected chi connectivity index (χ0v) is 19.4. The molecule has 1 fully saturated rings. The van der Waals surface area contributed by atoms with Crippen molar-refractivity contribution in [3.63, 3.8) is 0 Å². The second kappa shape index (κ2) is 9.51. The lowest BCUT2D eigenvalue weighted by Gasteiger charge is -2.27. The Balaban J connectivity index is 1.56. The topological polar surface area (TPSA) is 114 Å². The first kappa shape index (κ1) is 22.5. The number of ether oxygens (including phenoxy) is 2. The van der Waals surface area contributed by atoms with Crippen molar-refractivity contribution < 1.29 is 14.3 Å². The molecule has 0 atom stereocenters. The van der Waals surface area contributed by atoms with Crippen LogP contribution in [0, 0.1) is 0 Å². The van der Waals surface area contributed by atoms with E-state index in [2.05, 4.69) is 15.0 Å². The number of hydrogen-bond donors (Lipinski definition) is 1. The third-order valence-corrected chi connectivity index (χ3v) is 5.67. The molecule has 2 aromatic heterocycles. The van der Waals surface area contributed by atoms with E-state index in [1.807, 2.05) is 17.0 Å². The van der Waals surface area contributed by atoms with Crippen molar-refractivity contribution in [3.05, 3.63) is 70.6 Å². The van der Waals surface area contributed by atoms with Crippen LogP contribution in [0.4, 0.5) is 5.95 Å². The number of benzene rings is 2. The molecule has 0 saturated carbocycles. The van der Waals surface area contributed by atoms with Gasteiger partial charge in [-0.15, -0.1) is 0 Å². The second-order valence-corrected chi connectivity index (χ2v) is 8.24. The summed E-state index contributed by atoms with van der Waals surface area (Å²) < 4.78 is 11.5. The van der Waals surface area contributed by atoms with Crippen molar-refractivity contribution in [2.45, 2.75) is 0 Å². The van der Waals surface area contributed by atoms with E-state index < -0.39 is 0 Å². The van der Waals surface area contributed by atoms with E-state index in [-0.39, 0.29) is 17.5 Å². The lowest BCUT2D eigenvalue weighted by atomic mass is 10.1. The molecule has 1 aliphatic heterocycles. The van der Waals surface area contributed by atoms with Gasteiger partial charge in [0.25, 0.3) is 11.5 Å². The number of aromatic amines is 1. The minimum absolute atomic E-state index is 0.0976. The van der Waals surface area contributed by atoms with E-state index in [9.17, 15) is 9.59 Å². The van der Waals surface area contributed by atoms with Crippen LogP contribution < -0.4 is 15.2 Å². The van der Waals surface area contributed by atoms with Crippen LogP contribution in [-0.2, 0) is 4.74 Å². The summed E-state index contributed by atoms with van der Waals surface area (Å²) in [5, 5.41) is 1.27. The highest BCUT2D eigenvalue weighted by molar-refractivity contribution is 5.95. The molecule has 178 valence electrons. The standard InChI is InChI=1S/C25H24N6O4/c1-30(2)23(33)16-6-8-17(9-7-16)35-25-28-21(27-24(29-25)31-12-14-34-15-13-31)19-4-3-5-20-18(19)10-11-26-22(20)32/h3-11H,12-15H2,1-2H3,(H,26,32). The quantitative estimate of drug-likeness (QED) is 0.472. The number of morpholine rings is 1. The van der Waals surface area contributed by atoms with Gasteiger partial charge in [-0.2, -0.15) is 15.0 Å². The van der Waals surface area contributed by atoms with Crippen molar-refractivity contribution in [3.8, 4) is 23.1 Å². The Hall–Kier alpha value is -4.31. The van der Waals surface area contributed by atoms with Crippen LogP contribution in [0.5, 0.6) is 11.8 Å². The molecule has 0 spiro atoms. The van der Waals surface area contributed by atoms with Gasteiger partial charge in [0.2, 0.25) is 5.95 Å². The number of anilines is 1. The average Bonchev–Trinajstić information content (AvgIpc) is 2.89. The first-order chi connectivity index (χ1) is 17.0. The van der Waals surface area contributed by atoms with E-state index in [1.54, 1.807) is 56.7 Å². The molecule has 0 aliphatic carbocycles. The molecule has 10 heteroatoms. The largest absolute Gasteiger partial charge is 0.424 e. The minimum atomic E-state index is -0.185. The Morgan fingerprint density at radius 2 is 1.77 bits per heavy atom. The highest BCUT2D eigenvalue weighted by Gasteiger charge is 2.19. The van der Waals surface area contributed by atoms with Crippen molar-refractivity contribution >= 4 is 22.6 Å². The fraction of sp³-hybridized carbons (Fsp3) is 0.240.